The Kier molecular flexibility index (Phi) is 12.0. The number of aliphatic imine (C=N–C) groups is 1. The van der Waals surface area contributed by atoms with Gasteiger partial charge in [0.1, 0.15) is 11.7 Å². The molecule has 0 unspecified atom stereocenters. The highest BCUT2D eigenvalue weighted by molar-refractivity contribution is 7.98. The van der Waals surface area contributed by atoms with Crippen LogP contribution in [0.4, 0.5) is 14.6 Å². The molecule has 1 amide bonds. The summed E-state index contributed by atoms with van der Waals surface area (Å²) in [5, 5.41) is 11.2. The SMILES string of the molecule is CCCCNc1ccc(SNC(=O)/C(=C/C=C(/N=CC=C(N)OCCC2(C(C)(F)F)CC2)C2CC(C)C2)C(=N)N)cn1. The topological polar surface area (TPSA) is 152 Å². The van der Waals surface area contributed by atoms with E-state index in [9.17, 15) is 13.6 Å². The molecule has 9 nitrogen and oxygen atoms in total. The highest BCUT2D eigenvalue weighted by atomic mass is 32.2. The standard InChI is InChI=1S/C30H43F2N7O2S/c1-4-5-14-37-26-9-6-22(19-38-26)42-39-28(40)23(27(34)35)7-8-24(21-17-20(2)18-21)36-15-10-25(33)41-16-13-30(11-12-30)29(3,31)32/h6-10,15,19-21H,4-5,11-14,16-18,33H2,1-3H3,(H3,34,35)(H,37,38)(H,39,40)/b23-7+,24-8+,25-10?,36-15?. The van der Waals surface area contributed by atoms with Crippen LogP contribution in [0.2, 0.25) is 0 Å². The summed E-state index contributed by atoms with van der Waals surface area (Å²) in [5.41, 5.74) is 11.4. The second kappa shape index (κ2) is 15.2. The maximum absolute atomic E-state index is 13.7. The first-order chi connectivity index (χ1) is 19.9. The van der Waals surface area contributed by atoms with E-state index >= 15 is 0 Å². The Labute approximate surface area is 251 Å². The van der Waals surface area contributed by atoms with Crippen molar-refractivity contribution in [3.05, 3.63) is 53.7 Å². The minimum Gasteiger partial charge on any atom is -0.479 e. The van der Waals surface area contributed by atoms with Gasteiger partial charge in [0.05, 0.1) is 12.2 Å². The van der Waals surface area contributed by atoms with Crippen molar-refractivity contribution < 1.29 is 18.3 Å². The van der Waals surface area contributed by atoms with Crippen molar-refractivity contribution in [3.8, 4) is 0 Å². The molecule has 0 radical (unpaired) electrons. The largest absolute Gasteiger partial charge is 0.479 e. The molecule has 42 heavy (non-hydrogen) atoms. The van der Waals surface area contributed by atoms with Gasteiger partial charge < -0.3 is 21.5 Å². The van der Waals surface area contributed by atoms with Crippen molar-refractivity contribution in [2.24, 2.45) is 33.7 Å². The lowest BCUT2D eigenvalue weighted by Crippen LogP contribution is -2.27. The van der Waals surface area contributed by atoms with Crippen molar-refractivity contribution in [1.29, 1.82) is 5.41 Å². The van der Waals surface area contributed by atoms with Gasteiger partial charge in [-0.05, 0) is 87.6 Å². The Morgan fingerprint density at radius 2 is 2.02 bits per heavy atom. The van der Waals surface area contributed by atoms with Gasteiger partial charge in [0.15, 0.2) is 5.88 Å². The number of aromatic nitrogens is 1. The van der Waals surface area contributed by atoms with E-state index in [1.54, 1.807) is 12.3 Å². The number of rotatable bonds is 17. The van der Waals surface area contributed by atoms with Crippen LogP contribution in [-0.2, 0) is 9.53 Å². The number of carbonyl (C=O) groups excluding carboxylic acids is 1. The molecule has 2 aliphatic rings. The Bertz CT molecular complexity index is 1200. The Balaban J connectivity index is 1.60. The predicted molar refractivity (Wildman–Crippen MR) is 165 cm³/mol. The van der Waals surface area contributed by atoms with E-state index in [-0.39, 0.29) is 36.2 Å². The number of hydrogen-bond acceptors (Lipinski definition) is 8. The van der Waals surface area contributed by atoms with Gasteiger partial charge in [0, 0.05) is 47.0 Å². The van der Waals surface area contributed by atoms with Gasteiger partial charge in [-0.2, -0.15) is 0 Å². The monoisotopic (exact) mass is 603 g/mol. The van der Waals surface area contributed by atoms with E-state index in [1.165, 1.54) is 18.4 Å². The third-order valence-electron chi connectivity index (χ3n) is 7.68. The normalized spacial score (nSPS) is 20.6. The van der Waals surface area contributed by atoms with Crippen molar-refractivity contribution in [1.82, 2.24) is 9.71 Å². The van der Waals surface area contributed by atoms with Crippen LogP contribution in [-0.4, -0.2) is 42.0 Å². The van der Waals surface area contributed by atoms with Crippen LogP contribution in [0.3, 0.4) is 0 Å². The van der Waals surface area contributed by atoms with E-state index in [0.29, 0.717) is 24.5 Å². The molecule has 1 aromatic heterocycles. The van der Waals surface area contributed by atoms with E-state index in [1.807, 2.05) is 12.1 Å². The van der Waals surface area contributed by atoms with Crippen LogP contribution in [0, 0.1) is 22.7 Å². The van der Waals surface area contributed by atoms with Crippen molar-refractivity contribution in [2.45, 2.75) is 76.5 Å². The molecular weight excluding hydrogens is 560 g/mol. The molecule has 0 saturated heterocycles. The second-order valence-electron chi connectivity index (χ2n) is 11.2. The zero-order valence-corrected chi connectivity index (χ0v) is 25.4. The summed E-state index contributed by atoms with van der Waals surface area (Å²) in [6.07, 6.45) is 13.1. The lowest BCUT2D eigenvalue weighted by molar-refractivity contribution is -0.115. The summed E-state index contributed by atoms with van der Waals surface area (Å²) in [6.45, 7) is 6.19. The number of amides is 1. The molecule has 0 aliphatic heterocycles. The molecular formula is C30H43F2N7O2S. The summed E-state index contributed by atoms with van der Waals surface area (Å²) in [5.74, 6) is -2.01. The highest BCUT2D eigenvalue weighted by Crippen LogP contribution is 2.59. The zero-order chi connectivity index (χ0) is 30.8. The Morgan fingerprint density at radius 1 is 1.29 bits per heavy atom. The maximum atomic E-state index is 13.7. The van der Waals surface area contributed by atoms with Gasteiger partial charge in [0.2, 0.25) is 0 Å². The van der Waals surface area contributed by atoms with E-state index in [0.717, 1.165) is 61.8 Å². The van der Waals surface area contributed by atoms with Gasteiger partial charge in [-0.15, -0.1) is 0 Å². The number of nitrogens with two attached hydrogens (primary N) is 2. The summed E-state index contributed by atoms with van der Waals surface area (Å²) < 4.78 is 35.6. The number of ether oxygens (including phenoxy) is 1. The number of unbranched alkanes of at least 4 members (excludes halogenated alkanes) is 1. The van der Waals surface area contributed by atoms with Gasteiger partial charge in [-0.3, -0.25) is 19.9 Å². The second-order valence-corrected chi connectivity index (χ2v) is 12.0. The minimum absolute atomic E-state index is 0.00787. The fourth-order valence-corrected chi connectivity index (χ4v) is 5.21. The molecule has 0 spiro atoms. The molecule has 230 valence electrons. The van der Waals surface area contributed by atoms with E-state index in [2.05, 4.69) is 33.9 Å². The zero-order valence-electron chi connectivity index (χ0n) is 24.6. The fourth-order valence-electron chi connectivity index (χ4n) is 4.65. The van der Waals surface area contributed by atoms with E-state index in [4.69, 9.17) is 21.6 Å². The summed E-state index contributed by atoms with van der Waals surface area (Å²) >= 11 is 1.09. The molecule has 12 heteroatoms. The van der Waals surface area contributed by atoms with Gasteiger partial charge >= 0.3 is 0 Å². The van der Waals surface area contributed by atoms with Crippen molar-refractivity contribution in [2.75, 3.05) is 18.5 Å². The first-order valence-electron chi connectivity index (χ1n) is 14.4. The van der Waals surface area contributed by atoms with Crippen molar-refractivity contribution >= 4 is 35.7 Å². The number of nitrogens with zero attached hydrogens (tertiary/aromatic N) is 2. The van der Waals surface area contributed by atoms with Crippen LogP contribution in [0.25, 0.3) is 0 Å². The third kappa shape index (κ3) is 9.85. The van der Waals surface area contributed by atoms with Crippen LogP contribution in [0.1, 0.15) is 65.7 Å². The third-order valence-corrected chi connectivity index (χ3v) is 8.44. The van der Waals surface area contributed by atoms with E-state index < -0.39 is 17.2 Å². The molecule has 2 saturated carbocycles. The number of halogens is 2. The minimum atomic E-state index is -2.73. The number of alkyl halides is 2. The Hall–Kier alpha value is -3.41. The highest BCUT2D eigenvalue weighted by Gasteiger charge is 2.58. The maximum Gasteiger partial charge on any atom is 0.265 e. The molecule has 0 bridgehead atoms. The summed E-state index contributed by atoms with van der Waals surface area (Å²) in [4.78, 5) is 22.4. The first kappa shape index (κ1) is 33.1. The predicted octanol–water partition coefficient (Wildman–Crippen LogP) is 5.92. The number of anilines is 1. The average molecular weight is 604 g/mol. The summed E-state index contributed by atoms with van der Waals surface area (Å²) in [6, 6.07) is 3.69. The quantitative estimate of drug-likeness (QED) is 0.0282. The van der Waals surface area contributed by atoms with Crippen LogP contribution >= 0.6 is 11.9 Å². The number of amidine groups is 1. The van der Waals surface area contributed by atoms with Crippen molar-refractivity contribution in [3.63, 3.8) is 0 Å². The molecule has 0 aromatic carbocycles. The number of allylic oxidation sites excluding steroid dienone is 4. The fraction of sp³-hybridized carbons (Fsp3) is 0.533. The molecule has 2 fully saturated rings. The van der Waals surface area contributed by atoms with Gasteiger partial charge in [-0.25, -0.2) is 13.8 Å². The Morgan fingerprint density at radius 3 is 2.60 bits per heavy atom. The first-order valence-corrected chi connectivity index (χ1v) is 15.2. The number of carbonyl (C=O) groups is 1. The number of hydrogen-bond donors (Lipinski definition) is 5. The molecule has 3 rings (SSSR count). The molecule has 0 atom stereocenters. The average Bonchev–Trinajstić information content (AvgIpc) is 3.71. The van der Waals surface area contributed by atoms with Gasteiger partial charge in [0.25, 0.3) is 11.8 Å². The lowest BCUT2D eigenvalue weighted by atomic mass is 9.74. The number of nitrogens with one attached hydrogen (secondary N) is 3. The molecule has 7 N–H and O–H groups in total. The van der Waals surface area contributed by atoms with Gasteiger partial charge in [-0.1, -0.05) is 20.3 Å². The molecule has 1 heterocycles. The van der Waals surface area contributed by atoms with Crippen LogP contribution < -0.4 is 21.5 Å². The summed E-state index contributed by atoms with van der Waals surface area (Å²) in [7, 11) is 0. The molecule has 2 aliphatic carbocycles. The molecule has 1 aromatic rings. The van der Waals surface area contributed by atoms with Crippen LogP contribution in [0.15, 0.2) is 63.6 Å². The smallest absolute Gasteiger partial charge is 0.265 e. The number of pyridine rings is 1. The lowest BCUT2D eigenvalue weighted by Gasteiger charge is -2.32. The van der Waals surface area contributed by atoms with Crippen LogP contribution in [0.5, 0.6) is 0 Å².